The van der Waals surface area contributed by atoms with Crippen molar-refractivity contribution in [3.63, 3.8) is 0 Å². The fourth-order valence-electron chi connectivity index (χ4n) is 3.69. The Hall–Kier alpha value is -1.55. The van der Waals surface area contributed by atoms with Crippen LogP contribution >= 0.6 is 0 Å². The molecule has 1 atom stereocenters. The van der Waals surface area contributed by atoms with E-state index in [1.807, 2.05) is 38.4 Å². The van der Waals surface area contributed by atoms with E-state index in [2.05, 4.69) is 4.90 Å². The molecule has 0 spiro atoms. The maximum absolute atomic E-state index is 12.2. The first-order valence-corrected chi connectivity index (χ1v) is 8.01. The number of benzene rings is 1. The summed E-state index contributed by atoms with van der Waals surface area (Å²) in [5.41, 5.74) is 0.454. The van der Waals surface area contributed by atoms with Crippen molar-refractivity contribution in [3.8, 4) is 5.75 Å². The number of aliphatic carboxylic acids is 1. The van der Waals surface area contributed by atoms with Gasteiger partial charge in [-0.15, -0.1) is 0 Å². The van der Waals surface area contributed by atoms with E-state index in [9.17, 15) is 9.90 Å². The number of carboxylic acid groups (broad SMARTS) is 1. The SMILES string of the molecule is COc1ccc(C(CN(C)C)C2(C(=O)O)CCCCC2)cc1. The molecule has 1 fully saturated rings. The van der Waals surface area contributed by atoms with Gasteiger partial charge in [-0.25, -0.2) is 0 Å². The van der Waals surface area contributed by atoms with Crippen molar-refractivity contribution < 1.29 is 14.6 Å². The molecule has 0 saturated heterocycles. The Morgan fingerprint density at radius 1 is 1.23 bits per heavy atom. The van der Waals surface area contributed by atoms with Gasteiger partial charge >= 0.3 is 5.97 Å². The molecule has 1 saturated carbocycles. The highest BCUT2D eigenvalue weighted by Crippen LogP contribution is 2.48. The maximum atomic E-state index is 12.2. The summed E-state index contributed by atoms with van der Waals surface area (Å²) in [4.78, 5) is 14.2. The average molecular weight is 305 g/mol. The summed E-state index contributed by atoms with van der Waals surface area (Å²) in [5, 5.41) is 9.99. The van der Waals surface area contributed by atoms with Crippen LogP contribution in [0.2, 0.25) is 0 Å². The van der Waals surface area contributed by atoms with Gasteiger partial charge in [0.15, 0.2) is 0 Å². The molecule has 22 heavy (non-hydrogen) atoms. The number of rotatable bonds is 6. The zero-order valence-electron chi connectivity index (χ0n) is 13.8. The Balaban J connectivity index is 2.40. The van der Waals surface area contributed by atoms with E-state index in [1.165, 1.54) is 0 Å². The van der Waals surface area contributed by atoms with Crippen molar-refractivity contribution in [2.45, 2.75) is 38.0 Å². The fourth-order valence-corrected chi connectivity index (χ4v) is 3.69. The molecule has 1 aromatic rings. The number of hydrogen-bond donors (Lipinski definition) is 1. The molecule has 0 heterocycles. The lowest BCUT2D eigenvalue weighted by molar-refractivity contribution is -0.153. The van der Waals surface area contributed by atoms with Gasteiger partial charge in [0.25, 0.3) is 0 Å². The summed E-state index contributed by atoms with van der Waals surface area (Å²) >= 11 is 0. The first-order chi connectivity index (χ1) is 10.5. The first-order valence-electron chi connectivity index (χ1n) is 8.01. The van der Waals surface area contributed by atoms with Crippen molar-refractivity contribution >= 4 is 5.97 Å². The van der Waals surface area contributed by atoms with Crippen LogP contribution in [-0.2, 0) is 4.79 Å². The predicted octanol–water partition coefficient (Wildman–Crippen LogP) is 3.38. The van der Waals surface area contributed by atoms with Gasteiger partial charge < -0.3 is 14.7 Å². The van der Waals surface area contributed by atoms with E-state index in [4.69, 9.17) is 4.74 Å². The number of carbonyl (C=O) groups is 1. The Morgan fingerprint density at radius 2 is 1.82 bits per heavy atom. The third-order valence-electron chi connectivity index (χ3n) is 4.90. The third-order valence-corrected chi connectivity index (χ3v) is 4.90. The van der Waals surface area contributed by atoms with Crippen LogP contribution in [-0.4, -0.2) is 43.7 Å². The minimum atomic E-state index is -0.644. The monoisotopic (exact) mass is 305 g/mol. The van der Waals surface area contributed by atoms with Crippen LogP contribution in [0, 0.1) is 5.41 Å². The summed E-state index contributed by atoms with van der Waals surface area (Å²) in [6.07, 6.45) is 4.70. The second-order valence-electron chi connectivity index (χ2n) is 6.61. The van der Waals surface area contributed by atoms with Crippen LogP contribution in [0.15, 0.2) is 24.3 Å². The van der Waals surface area contributed by atoms with E-state index >= 15 is 0 Å². The van der Waals surface area contributed by atoms with Gasteiger partial charge in [-0.1, -0.05) is 31.4 Å². The lowest BCUT2D eigenvalue weighted by Gasteiger charge is -2.41. The summed E-state index contributed by atoms with van der Waals surface area (Å²) in [5.74, 6) is 0.168. The Labute approximate surface area is 133 Å². The van der Waals surface area contributed by atoms with Gasteiger partial charge in [-0.3, -0.25) is 4.79 Å². The van der Waals surface area contributed by atoms with Gasteiger partial charge in [0.05, 0.1) is 12.5 Å². The minimum absolute atomic E-state index is 0.00575. The molecule has 1 unspecified atom stereocenters. The molecule has 0 bridgehead atoms. The zero-order chi connectivity index (χ0) is 16.2. The molecular weight excluding hydrogens is 278 g/mol. The molecule has 122 valence electrons. The number of ether oxygens (including phenoxy) is 1. The van der Waals surface area contributed by atoms with Crippen LogP contribution < -0.4 is 4.74 Å². The smallest absolute Gasteiger partial charge is 0.310 e. The molecule has 0 radical (unpaired) electrons. The van der Waals surface area contributed by atoms with E-state index in [0.717, 1.165) is 50.0 Å². The molecule has 1 aliphatic rings. The summed E-state index contributed by atoms with van der Waals surface area (Å²) in [7, 11) is 5.66. The van der Waals surface area contributed by atoms with Crippen molar-refractivity contribution in [2.75, 3.05) is 27.7 Å². The van der Waals surface area contributed by atoms with E-state index in [1.54, 1.807) is 7.11 Å². The Bertz CT molecular complexity index is 490. The molecule has 0 aliphatic heterocycles. The van der Waals surface area contributed by atoms with Gasteiger partial charge in [-0.05, 0) is 44.6 Å². The summed E-state index contributed by atoms with van der Waals surface area (Å²) in [6.45, 7) is 0.749. The predicted molar refractivity (Wildman–Crippen MR) is 87.4 cm³/mol. The zero-order valence-corrected chi connectivity index (χ0v) is 13.8. The lowest BCUT2D eigenvalue weighted by atomic mass is 9.63. The van der Waals surface area contributed by atoms with Crippen LogP contribution in [0.3, 0.4) is 0 Å². The molecule has 4 heteroatoms. The molecule has 2 rings (SSSR count). The van der Waals surface area contributed by atoms with Gasteiger partial charge in [0.2, 0.25) is 0 Å². The summed E-state index contributed by atoms with van der Waals surface area (Å²) < 4.78 is 5.22. The topological polar surface area (TPSA) is 49.8 Å². The number of hydrogen-bond acceptors (Lipinski definition) is 3. The third kappa shape index (κ3) is 3.43. The summed E-state index contributed by atoms with van der Waals surface area (Å²) in [6, 6.07) is 7.89. The number of likely N-dealkylation sites (N-methyl/N-ethyl adjacent to an activating group) is 1. The maximum Gasteiger partial charge on any atom is 0.310 e. The normalized spacial score (nSPS) is 18.9. The molecule has 1 aliphatic carbocycles. The van der Waals surface area contributed by atoms with Crippen molar-refractivity contribution in [1.82, 2.24) is 4.90 Å². The lowest BCUT2D eigenvalue weighted by Crippen LogP contribution is -2.43. The van der Waals surface area contributed by atoms with E-state index in [0.29, 0.717) is 0 Å². The van der Waals surface area contributed by atoms with Crippen molar-refractivity contribution in [2.24, 2.45) is 5.41 Å². The van der Waals surface area contributed by atoms with Crippen LogP contribution in [0.5, 0.6) is 5.75 Å². The van der Waals surface area contributed by atoms with Crippen LogP contribution in [0.25, 0.3) is 0 Å². The number of methoxy groups -OCH3 is 1. The average Bonchev–Trinajstić information content (AvgIpc) is 2.53. The number of nitrogens with zero attached hydrogens (tertiary/aromatic N) is 1. The second-order valence-corrected chi connectivity index (χ2v) is 6.61. The molecule has 0 amide bonds. The minimum Gasteiger partial charge on any atom is -0.497 e. The highest BCUT2D eigenvalue weighted by molar-refractivity contribution is 5.76. The Morgan fingerprint density at radius 3 is 2.27 bits per heavy atom. The van der Waals surface area contributed by atoms with Gasteiger partial charge in [0.1, 0.15) is 5.75 Å². The molecular formula is C18H27NO3. The second kappa shape index (κ2) is 7.14. The first kappa shape index (κ1) is 16.8. The Kier molecular flexibility index (Phi) is 5.46. The van der Waals surface area contributed by atoms with E-state index in [-0.39, 0.29) is 5.92 Å². The molecule has 1 N–H and O–H groups in total. The van der Waals surface area contributed by atoms with Crippen molar-refractivity contribution in [1.29, 1.82) is 0 Å². The van der Waals surface area contributed by atoms with Gasteiger partial charge in [-0.2, -0.15) is 0 Å². The van der Waals surface area contributed by atoms with Gasteiger partial charge in [0, 0.05) is 12.5 Å². The molecule has 1 aromatic carbocycles. The quantitative estimate of drug-likeness (QED) is 0.875. The van der Waals surface area contributed by atoms with Crippen LogP contribution in [0.1, 0.15) is 43.6 Å². The number of carboxylic acids is 1. The fraction of sp³-hybridized carbons (Fsp3) is 0.611. The van der Waals surface area contributed by atoms with E-state index < -0.39 is 11.4 Å². The highest BCUT2D eigenvalue weighted by Gasteiger charge is 2.47. The molecule has 0 aromatic heterocycles. The standard InChI is InChI=1S/C18H27NO3/c1-19(2)13-16(14-7-9-15(22-3)10-8-14)18(17(20)21)11-5-4-6-12-18/h7-10,16H,4-6,11-13H2,1-3H3,(H,20,21). The van der Waals surface area contributed by atoms with Crippen LogP contribution in [0.4, 0.5) is 0 Å². The highest BCUT2D eigenvalue weighted by atomic mass is 16.5. The largest absolute Gasteiger partial charge is 0.497 e. The molecule has 4 nitrogen and oxygen atoms in total. The van der Waals surface area contributed by atoms with Crippen molar-refractivity contribution in [3.05, 3.63) is 29.8 Å².